The quantitative estimate of drug-likeness (QED) is 0.401. The summed E-state index contributed by atoms with van der Waals surface area (Å²) in [5.74, 6) is 0.696. The molecule has 7 heteroatoms. The molecule has 5 rings (SSSR count). The zero-order valence-electron chi connectivity index (χ0n) is 21.1. The number of hydrogen-bond acceptors (Lipinski definition) is 5. The molecule has 0 radical (unpaired) electrons. The van der Waals surface area contributed by atoms with Crippen LogP contribution >= 0.6 is 0 Å². The van der Waals surface area contributed by atoms with Gasteiger partial charge in [0.2, 0.25) is 0 Å². The van der Waals surface area contributed by atoms with E-state index in [2.05, 4.69) is 34.5 Å². The molecule has 1 aliphatic carbocycles. The lowest BCUT2D eigenvalue weighted by molar-refractivity contribution is -0.117. The van der Waals surface area contributed by atoms with Crippen LogP contribution in [0.15, 0.2) is 65.1 Å². The monoisotopic (exact) mass is 495 g/mol. The summed E-state index contributed by atoms with van der Waals surface area (Å²) in [4.78, 5) is 33.5. The van der Waals surface area contributed by atoms with Crippen LogP contribution in [0.5, 0.6) is 0 Å². The second-order valence-electron chi connectivity index (χ2n) is 10.2. The zero-order valence-corrected chi connectivity index (χ0v) is 21.1. The standard InChI is InChI=1S/C30H33N5O2/c31-21-24(29(36)32-25-11-5-2-6-12-25)20-26-28(33-27-13-7-8-16-35(27)30(26)37)34-17-14-23(15-18-34)19-22-9-3-1-4-10-22/h1,3-4,7-10,13,16,20,23,25H,2,5-6,11-12,14-15,17-19H2,(H,32,36)/b24-20+. The Kier molecular flexibility index (Phi) is 7.65. The number of carbonyl (C=O) groups excluding carboxylic acids is 1. The highest BCUT2D eigenvalue weighted by Gasteiger charge is 2.25. The Morgan fingerprint density at radius 1 is 1.03 bits per heavy atom. The van der Waals surface area contributed by atoms with Crippen molar-refractivity contribution in [1.82, 2.24) is 14.7 Å². The number of carbonyl (C=O) groups is 1. The lowest BCUT2D eigenvalue weighted by Crippen LogP contribution is -2.38. The van der Waals surface area contributed by atoms with Gasteiger partial charge in [0, 0.05) is 25.3 Å². The molecular weight excluding hydrogens is 462 g/mol. The van der Waals surface area contributed by atoms with E-state index in [1.807, 2.05) is 24.3 Å². The number of pyridine rings is 1. The van der Waals surface area contributed by atoms with Crippen LogP contribution in [-0.2, 0) is 11.2 Å². The Morgan fingerprint density at radius 3 is 2.49 bits per heavy atom. The molecule has 1 N–H and O–H groups in total. The van der Waals surface area contributed by atoms with Crippen LogP contribution in [0.1, 0.15) is 56.1 Å². The average Bonchev–Trinajstić information content (AvgIpc) is 2.94. The first-order valence-corrected chi connectivity index (χ1v) is 13.4. The molecule has 0 unspecified atom stereocenters. The van der Waals surface area contributed by atoms with Crippen molar-refractivity contribution in [3.63, 3.8) is 0 Å². The SMILES string of the molecule is N#C/C(=C\c1c(N2CCC(Cc3ccccc3)CC2)nc2ccccn2c1=O)C(=O)NC1CCCCC1. The maximum atomic E-state index is 13.6. The molecule has 37 heavy (non-hydrogen) atoms. The normalized spacial score (nSPS) is 17.5. The fraction of sp³-hybridized carbons (Fsp3) is 0.400. The Bertz CT molecular complexity index is 1370. The number of nitrogens with zero attached hydrogens (tertiary/aromatic N) is 4. The second-order valence-corrected chi connectivity index (χ2v) is 10.2. The van der Waals surface area contributed by atoms with Gasteiger partial charge in [0.15, 0.2) is 0 Å². The summed E-state index contributed by atoms with van der Waals surface area (Å²) in [5, 5.41) is 12.8. The number of piperidine rings is 1. The molecule has 3 aromatic rings. The van der Waals surface area contributed by atoms with Crippen LogP contribution < -0.4 is 15.8 Å². The summed E-state index contributed by atoms with van der Waals surface area (Å²) >= 11 is 0. The number of fused-ring (bicyclic) bond motifs is 1. The van der Waals surface area contributed by atoms with Gasteiger partial charge in [0.25, 0.3) is 11.5 Å². The molecule has 1 aromatic carbocycles. The maximum Gasteiger partial charge on any atom is 0.267 e. The van der Waals surface area contributed by atoms with E-state index >= 15 is 0 Å². The molecule has 0 spiro atoms. The molecule has 1 saturated carbocycles. The van der Waals surface area contributed by atoms with E-state index in [1.165, 1.54) is 22.5 Å². The number of nitriles is 1. The summed E-state index contributed by atoms with van der Waals surface area (Å²) in [6.45, 7) is 1.54. The van der Waals surface area contributed by atoms with Gasteiger partial charge in [-0.15, -0.1) is 0 Å². The number of rotatable bonds is 6. The van der Waals surface area contributed by atoms with Crippen LogP contribution in [-0.4, -0.2) is 34.4 Å². The highest BCUT2D eigenvalue weighted by molar-refractivity contribution is 6.02. The van der Waals surface area contributed by atoms with Crippen LogP contribution in [0.3, 0.4) is 0 Å². The third kappa shape index (κ3) is 5.75. The Labute approximate surface area is 217 Å². The fourth-order valence-electron chi connectivity index (χ4n) is 5.56. The molecule has 0 atom stereocenters. The van der Waals surface area contributed by atoms with Gasteiger partial charge >= 0.3 is 0 Å². The minimum absolute atomic E-state index is 0.0550. The molecule has 3 heterocycles. The predicted octanol–water partition coefficient (Wildman–Crippen LogP) is 4.51. The van der Waals surface area contributed by atoms with E-state index in [9.17, 15) is 14.9 Å². The molecule has 0 bridgehead atoms. The molecular formula is C30H33N5O2. The lowest BCUT2D eigenvalue weighted by Gasteiger charge is -2.33. The van der Waals surface area contributed by atoms with E-state index in [4.69, 9.17) is 4.98 Å². The topological polar surface area (TPSA) is 90.5 Å². The number of hydrogen-bond donors (Lipinski definition) is 1. The lowest BCUT2D eigenvalue weighted by atomic mass is 9.90. The predicted molar refractivity (Wildman–Crippen MR) is 145 cm³/mol. The van der Waals surface area contributed by atoms with E-state index < -0.39 is 5.91 Å². The van der Waals surface area contributed by atoms with Crippen LogP contribution in [0.4, 0.5) is 5.82 Å². The van der Waals surface area contributed by atoms with Crippen molar-refractivity contribution in [2.24, 2.45) is 5.92 Å². The Hall–Kier alpha value is -3.92. The van der Waals surface area contributed by atoms with E-state index in [-0.39, 0.29) is 17.2 Å². The van der Waals surface area contributed by atoms with E-state index in [0.29, 0.717) is 22.9 Å². The third-order valence-corrected chi connectivity index (χ3v) is 7.62. The first kappa shape index (κ1) is 24.8. The highest BCUT2D eigenvalue weighted by atomic mass is 16.2. The first-order valence-electron chi connectivity index (χ1n) is 13.4. The molecule has 1 aliphatic heterocycles. The molecule has 2 aromatic heterocycles. The third-order valence-electron chi connectivity index (χ3n) is 7.62. The molecule has 2 aliphatic rings. The molecule has 7 nitrogen and oxygen atoms in total. The Morgan fingerprint density at radius 2 is 1.76 bits per heavy atom. The van der Waals surface area contributed by atoms with Crippen molar-refractivity contribution in [2.75, 3.05) is 18.0 Å². The second kappa shape index (κ2) is 11.4. The summed E-state index contributed by atoms with van der Waals surface area (Å²) in [6.07, 6.45) is 11.3. The molecule has 2 fully saturated rings. The smallest absolute Gasteiger partial charge is 0.267 e. The van der Waals surface area contributed by atoms with Gasteiger partial charge in [0.1, 0.15) is 23.1 Å². The summed E-state index contributed by atoms with van der Waals surface area (Å²) in [6, 6.07) is 18.1. The first-order chi connectivity index (χ1) is 18.1. The van der Waals surface area contributed by atoms with Gasteiger partial charge in [-0.2, -0.15) is 5.26 Å². The molecule has 190 valence electrons. The van der Waals surface area contributed by atoms with Gasteiger partial charge < -0.3 is 10.2 Å². The van der Waals surface area contributed by atoms with Crippen LogP contribution in [0.2, 0.25) is 0 Å². The largest absolute Gasteiger partial charge is 0.356 e. The van der Waals surface area contributed by atoms with E-state index in [0.717, 1.165) is 58.0 Å². The van der Waals surface area contributed by atoms with Crippen molar-refractivity contribution in [3.8, 4) is 6.07 Å². The number of anilines is 1. The van der Waals surface area contributed by atoms with E-state index in [1.54, 1.807) is 12.3 Å². The van der Waals surface area contributed by atoms with Crippen LogP contribution in [0, 0.1) is 17.2 Å². The van der Waals surface area contributed by atoms with Crippen molar-refractivity contribution < 1.29 is 4.79 Å². The Balaban J connectivity index is 1.43. The van der Waals surface area contributed by atoms with Gasteiger partial charge in [-0.25, -0.2) is 4.98 Å². The van der Waals surface area contributed by atoms with Gasteiger partial charge in [0.05, 0.1) is 5.56 Å². The zero-order chi connectivity index (χ0) is 25.6. The van der Waals surface area contributed by atoms with Crippen molar-refractivity contribution in [1.29, 1.82) is 5.26 Å². The van der Waals surface area contributed by atoms with Crippen molar-refractivity contribution >= 4 is 23.4 Å². The fourth-order valence-corrected chi connectivity index (χ4v) is 5.56. The summed E-state index contributed by atoms with van der Waals surface area (Å²) < 4.78 is 1.48. The highest BCUT2D eigenvalue weighted by Crippen LogP contribution is 2.27. The number of aromatic nitrogens is 2. The van der Waals surface area contributed by atoms with Crippen molar-refractivity contribution in [2.45, 2.75) is 57.4 Å². The minimum atomic E-state index is -0.417. The average molecular weight is 496 g/mol. The maximum absolute atomic E-state index is 13.6. The molecule has 1 amide bonds. The number of amides is 1. The van der Waals surface area contributed by atoms with Crippen molar-refractivity contribution in [3.05, 3.63) is 81.8 Å². The minimum Gasteiger partial charge on any atom is -0.356 e. The van der Waals surface area contributed by atoms with Gasteiger partial charge in [-0.3, -0.25) is 14.0 Å². The van der Waals surface area contributed by atoms with Gasteiger partial charge in [-0.1, -0.05) is 55.7 Å². The van der Waals surface area contributed by atoms with Gasteiger partial charge in [-0.05, 0) is 61.8 Å². The summed E-state index contributed by atoms with van der Waals surface area (Å²) in [7, 11) is 0. The number of nitrogens with one attached hydrogen (secondary N) is 1. The summed E-state index contributed by atoms with van der Waals surface area (Å²) in [5.41, 5.74) is 1.86. The number of benzene rings is 1. The van der Waals surface area contributed by atoms with Crippen LogP contribution in [0.25, 0.3) is 11.7 Å². The molecule has 1 saturated heterocycles.